The van der Waals surface area contributed by atoms with Crippen molar-refractivity contribution in [3.8, 4) is 11.4 Å². The number of amides is 1. The van der Waals surface area contributed by atoms with Crippen LogP contribution < -0.4 is 10.2 Å². The first kappa shape index (κ1) is 16.3. The molecule has 8 nitrogen and oxygen atoms in total. The Kier molecular flexibility index (Phi) is 4.39. The number of rotatable bonds is 4. The summed E-state index contributed by atoms with van der Waals surface area (Å²) in [6.45, 7) is 1.60. The Morgan fingerprint density at radius 2 is 2.15 bits per heavy atom. The fourth-order valence-corrected chi connectivity index (χ4v) is 3.29. The van der Waals surface area contributed by atoms with E-state index in [1.165, 1.54) is 0 Å². The number of hydrogen-bond donors (Lipinski definition) is 2. The lowest BCUT2D eigenvalue weighted by Gasteiger charge is -2.32. The number of hydrogen-bond acceptors (Lipinski definition) is 5. The number of nitrogens with one attached hydrogen (secondary N) is 2. The zero-order valence-corrected chi connectivity index (χ0v) is 14.6. The molecule has 1 saturated heterocycles. The van der Waals surface area contributed by atoms with E-state index in [1.807, 2.05) is 29.9 Å². The molecule has 0 aliphatic carbocycles. The Morgan fingerprint density at radius 3 is 2.92 bits per heavy atom. The maximum atomic E-state index is 12.6. The molecular weight excluding hydrogens is 330 g/mol. The molecule has 1 aliphatic heterocycles. The molecule has 4 rings (SSSR count). The zero-order chi connectivity index (χ0) is 17.9. The van der Waals surface area contributed by atoms with Crippen LogP contribution in [0.15, 0.2) is 42.9 Å². The molecule has 0 aromatic carbocycles. The van der Waals surface area contributed by atoms with Gasteiger partial charge in [-0.3, -0.25) is 9.89 Å². The smallest absolute Gasteiger partial charge is 0.269 e. The predicted octanol–water partition coefficient (Wildman–Crippen LogP) is 1.60. The summed E-state index contributed by atoms with van der Waals surface area (Å²) in [5, 5.41) is 10.2. The molecule has 134 valence electrons. The van der Waals surface area contributed by atoms with Crippen LogP contribution in [0.1, 0.15) is 23.3 Å². The van der Waals surface area contributed by atoms with Gasteiger partial charge in [0.15, 0.2) is 0 Å². The minimum absolute atomic E-state index is 0.0573. The summed E-state index contributed by atoms with van der Waals surface area (Å²) in [7, 11) is 1.95. The Hall–Kier alpha value is -3.16. The third-order valence-corrected chi connectivity index (χ3v) is 4.62. The van der Waals surface area contributed by atoms with Crippen LogP contribution in [0.25, 0.3) is 11.4 Å². The van der Waals surface area contributed by atoms with E-state index in [4.69, 9.17) is 0 Å². The average Bonchev–Trinajstić information content (AvgIpc) is 3.31. The van der Waals surface area contributed by atoms with Crippen molar-refractivity contribution in [1.29, 1.82) is 0 Å². The molecule has 3 aromatic rings. The summed E-state index contributed by atoms with van der Waals surface area (Å²) >= 11 is 0. The van der Waals surface area contributed by atoms with Crippen LogP contribution in [0, 0.1) is 0 Å². The number of aryl methyl sites for hydroxylation is 1. The van der Waals surface area contributed by atoms with Gasteiger partial charge in [-0.05, 0) is 37.1 Å². The molecule has 26 heavy (non-hydrogen) atoms. The first-order valence-corrected chi connectivity index (χ1v) is 8.70. The van der Waals surface area contributed by atoms with E-state index in [2.05, 4.69) is 30.4 Å². The first-order valence-electron chi connectivity index (χ1n) is 8.70. The van der Waals surface area contributed by atoms with E-state index in [0.29, 0.717) is 18.2 Å². The number of aromatic amines is 1. The summed E-state index contributed by atoms with van der Waals surface area (Å²) in [5.74, 6) is 0.567. The van der Waals surface area contributed by atoms with E-state index < -0.39 is 0 Å². The molecule has 1 atom stereocenters. The van der Waals surface area contributed by atoms with Crippen LogP contribution in [0.4, 0.5) is 5.95 Å². The van der Waals surface area contributed by atoms with E-state index in [9.17, 15) is 4.79 Å². The van der Waals surface area contributed by atoms with Crippen molar-refractivity contribution in [2.24, 2.45) is 7.05 Å². The van der Waals surface area contributed by atoms with Crippen molar-refractivity contribution in [1.82, 2.24) is 30.0 Å². The number of nitrogens with zero attached hydrogens (tertiary/aromatic N) is 5. The Balaban J connectivity index is 1.42. The fraction of sp³-hybridized carbons (Fsp3) is 0.333. The van der Waals surface area contributed by atoms with Gasteiger partial charge in [-0.15, -0.1) is 0 Å². The number of carbonyl (C=O) groups is 1. The Labute approximate surface area is 151 Å². The van der Waals surface area contributed by atoms with Gasteiger partial charge in [0.25, 0.3) is 5.91 Å². The quantitative estimate of drug-likeness (QED) is 0.745. The normalized spacial score (nSPS) is 17.3. The van der Waals surface area contributed by atoms with Gasteiger partial charge in [-0.25, -0.2) is 9.97 Å². The second-order valence-corrected chi connectivity index (χ2v) is 6.48. The molecule has 1 unspecified atom stereocenters. The van der Waals surface area contributed by atoms with Gasteiger partial charge in [0.05, 0.1) is 5.69 Å². The lowest BCUT2D eigenvalue weighted by Crippen LogP contribution is -2.48. The van der Waals surface area contributed by atoms with E-state index in [0.717, 1.165) is 30.8 Å². The summed E-state index contributed by atoms with van der Waals surface area (Å²) in [6, 6.07) is 7.56. The van der Waals surface area contributed by atoms with Crippen LogP contribution in [0.3, 0.4) is 0 Å². The van der Waals surface area contributed by atoms with Gasteiger partial charge in [-0.2, -0.15) is 5.10 Å². The van der Waals surface area contributed by atoms with Crippen molar-refractivity contribution < 1.29 is 4.79 Å². The highest BCUT2D eigenvalue weighted by Gasteiger charge is 2.24. The summed E-state index contributed by atoms with van der Waals surface area (Å²) < 4.78 is 1.97. The Bertz CT molecular complexity index is 886. The SMILES string of the molecule is Cn1cccc1-c1cc(C(=O)NC2CCCN(c3ncccn3)C2)[nH]n1. The zero-order valence-electron chi connectivity index (χ0n) is 14.6. The number of anilines is 1. The predicted molar refractivity (Wildman–Crippen MR) is 97.7 cm³/mol. The molecular formula is C18H21N7O. The molecule has 4 heterocycles. The van der Waals surface area contributed by atoms with Crippen molar-refractivity contribution in [3.63, 3.8) is 0 Å². The van der Waals surface area contributed by atoms with E-state index >= 15 is 0 Å². The third-order valence-electron chi connectivity index (χ3n) is 4.62. The van der Waals surface area contributed by atoms with Gasteiger partial charge in [0, 0.05) is 44.8 Å². The van der Waals surface area contributed by atoms with Gasteiger partial charge in [0.1, 0.15) is 11.4 Å². The molecule has 0 radical (unpaired) electrons. The number of aromatic nitrogens is 5. The highest BCUT2D eigenvalue weighted by atomic mass is 16.2. The van der Waals surface area contributed by atoms with Crippen molar-refractivity contribution in [2.75, 3.05) is 18.0 Å². The van der Waals surface area contributed by atoms with E-state index in [-0.39, 0.29) is 11.9 Å². The summed E-state index contributed by atoms with van der Waals surface area (Å²) in [5.41, 5.74) is 2.19. The minimum Gasteiger partial charge on any atom is -0.349 e. The van der Waals surface area contributed by atoms with Crippen molar-refractivity contribution in [3.05, 3.63) is 48.5 Å². The number of H-pyrrole nitrogens is 1. The Morgan fingerprint density at radius 1 is 1.31 bits per heavy atom. The highest BCUT2D eigenvalue weighted by Crippen LogP contribution is 2.18. The van der Waals surface area contributed by atoms with Crippen LogP contribution in [0.5, 0.6) is 0 Å². The fourth-order valence-electron chi connectivity index (χ4n) is 3.29. The molecule has 3 aromatic heterocycles. The molecule has 1 fully saturated rings. The average molecular weight is 351 g/mol. The minimum atomic E-state index is -0.140. The lowest BCUT2D eigenvalue weighted by atomic mass is 10.1. The number of carbonyl (C=O) groups excluding carboxylic acids is 1. The van der Waals surface area contributed by atoms with Crippen LogP contribution in [-0.2, 0) is 7.05 Å². The van der Waals surface area contributed by atoms with Crippen LogP contribution >= 0.6 is 0 Å². The molecule has 0 bridgehead atoms. The van der Waals surface area contributed by atoms with Crippen molar-refractivity contribution >= 4 is 11.9 Å². The van der Waals surface area contributed by atoms with Crippen LogP contribution in [-0.4, -0.2) is 49.8 Å². The van der Waals surface area contributed by atoms with Gasteiger partial charge in [0.2, 0.25) is 5.95 Å². The lowest BCUT2D eigenvalue weighted by molar-refractivity contribution is 0.0928. The topological polar surface area (TPSA) is 91.7 Å². The highest BCUT2D eigenvalue weighted by molar-refractivity contribution is 5.93. The van der Waals surface area contributed by atoms with Gasteiger partial charge < -0.3 is 14.8 Å². The number of piperidine rings is 1. The molecule has 1 aliphatic rings. The molecule has 2 N–H and O–H groups in total. The molecule has 1 amide bonds. The molecule has 8 heteroatoms. The second-order valence-electron chi connectivity index (χ2n) is 6.48. The first-order chi connectivity index (χ1) is 12.7. The molecule has 0 spiro atoms. The largest absolute Gasteiger partial charge is 0.349 e. The summed E-state index contributed by atoms with van der Waals surface area (Å²) in [6.07, 6.45) is 7.35. The van der Waals surface area contributed by atoms with Crippen LogP contribution in [0.2, 0.25) is 0 Å². The van der Waals surface area contributed by atoms with E-state index in [1.54, 1.807) is 24.5 Å². The maximum absolute atomic E-state index is 12.6. The molecule has 0 saturated carbocycles. The maximum Gasteiger partial charge on any atom is 0.269 e. The summed E-state index contributed by atoms with van der Waals surface area (Å²) in [4.78, 5) is 23.3. The van der Waals surface area contributed by atoms with Crippen molar-refractivity contribution in [2.45, 2.75) is 18.9 Å². The van der Waals surface area contributed by atoms with Gasteiger partial charge >= 0.3 is 0 Å². The third kappa shape index (κ3) is 3.30. The van der Waals surface area contributed by atoms with Gasteiger partial charge in [-0.1, -0.05) is 0 Å². The monoisotopic (exact) mass is 351 g/mol. The second kappa shape index (κ2) is 6.99. The standard InChI is InChI=1S/C18H21N7O/c1-24-9-3-6-16(24)14-11-15(23-22-14)17(26)21-13-5-2-10-25(12-13)18-19-7-4-8-20-18/h3-4,6-9,11,13H,2,5,10,12H2,1H3,(H,21,26)(H,22,23).